The van der Waals surface area contributed by atoms with E-state index >= 15 is 0 Å². The number of benzene rings is 7. The summed E-state index contributed by atoms with van der Waals surface area (Å²) in [5.41, 5.74) is 10.7. The summed E-state index contributed by atoms with van der Waals surface area (Å²) in [5.74, 6) is 0.277. The number of allylic oxidation sites excluding steroid dienone is 4. The Morgan fingerprint density at radius 1 is 0.444 bits per heavy atom. The van der Waals surface area contributed by atoms with Crippen LogP contribution in [0.5, 0.6) is 0 Å². The van der Waals surface area contributed by atoms with E-state index in [4.69, 9.17) is 4.42 Å². The molecule has 0 fully saturated rings. The number of para-hydroxylation sites is 1. The van der Waals surface area contributed by atoms with Crippen molar-refractivity contribution in [3.8, 4) is 33.4 Å². The highest BCUT2D eigenvalue weighted by Crippen LogP contribution is 2.50. The van der Waals surface area contributed by atoms with Crippen molar-refractivity contribution in [2.75, 3.05) is 0 Å². The van der Waals surface area contributed by atoms with Gasteiger partial charge in [0.15, 0.2) is 0 Å². The molecular weight excluding hydrogens is 544 g/mol. The van der Waals surface area contributed by atoms with Crippen molar-refractivity contribution in [2.24, 2.45) is 0 Å². The minimum absolute atomic E-state index is 0.277. The average molecular weight is 575 g/mol. The molecule has 1 heteroatoms. The average Bonchev–Trinajstić information content (AvgIpc) is 3.50. The summed E-state index contributed by atoms with van der Waals surface area (Å²) < 4.78 is 6.51. The highest BCUT2D eigenvalue weighted by Gasteiger charge is 2.25. The van der Waals surface area contributed by atoms with Crippen LogP contribution in [0.1, 0.15) is 17.9 Å². The van der Waals surface area contributed by atoms with Gasteiger partial charge in [-0.05, 0) is 79.0 Å². The second kappa shape index (κ2) is 10.5. The lowest BCUT2D eigenvalue weighted by Crippen LogP contribution is -2.01. The van der Waals surface area contributed by atoms with Gasteiger partial charge in [-0.2, -0.15) is 0 Å². The number of fused-ring (bicyclic) bond motifs is 5. The molecule has 0 radical (unpaired) electrons. The lowest BCUT2D eigenvalue weighted by atomic mass is 9.79. The first-order valence-electron chi connectivity index (χ1n) is 15.7. The minimum Gasteiger partial charge on any atom is -0.456 e. The fourth-order valence-electron chi connectivity index (χ4n) is 7.48. The summed E-state index contributed by atoms with van der Waals surface area (Å²) in [7, 11) is 0. The first-order chi connectivity index (χ1) is 22.4. The van der Waals surface area contributed by atoms with Gasteiger partial charge in [0.1, 0.15) is 11.2 Å². The van der Waals surface area contributed by atoms with Crippen LogP contribution in [0, 0.1) is 0 Å². The van der Waals surface area contributed by atoms with E-state index in [0.717, 1.165) is 23.0 Å². The summed E-state index contributed by atoms with van der Waals surface area (Å²) in [6, 6.07) is 50.5. The topological polar surface area (TPSA) is 13.1 Å². The third-order valence-corrected chi connectivity index (χ3v) is 9.42. The third kappa shape index (κ3) is 4.08. The normalized spacial score (nSPS) is 14.6. The van der Waals surface area contributed by atoms with E-state index < -0.39 is 0 Å². The highest BCUT2D eigenvalue weighted by molar-refractivity contribution is 6.26. The maximum absolute atomic E-state index is 6.51. The molecule has 1 aromatic heterocycles. The van der Waals surface area contributed by atoms with E-state index in [2.05, 4.69) is 164 Å². The Kier molecular flexibility index (Phi) is 6.02. The van der Waals surface area contributed by atoms with E-state index in [1.807, 2.05) is 0 Å². The Morgan fingerprint density at radius 3 is 1.73 bits per heavy atom. The van der Waals surface area contributed by atoms with E-state index in [-0.39, 0.29) is 5.92 Å². The van der Waals surface area contributed by atoms with Gasteiger partial charge in [-0.3, -0.25) is 0 Å². The van der Waals surface area contributed by atoms with Crippen molar-refractivity contribution >= 4 is 43.5 Å². The lowest BCUT2D eigenvalue weighted by molar-refractivity contribution is 0.668. The second-order valence-corrected chi connectivity index (χ2v) is 11.9. The first kappa shape index (κ1) is 25.8. The van der Waals surface area contributed by atoms with Crippen LogP contribution in [0.15, 0.2) is 168 Å². The molecule has 1 atom stereocenters. The molecular formula is C44H30O. The molecule has 1 aliphatic carbocycles. The van der Waals surface area contributed by atoms with Crippen molar-refractivity contribution < 1.29 is 4.42 Å². The lowest BCUT2D eigenvalue weighted by Gasteiger charge is -2.24. The van der Waals surface area contributed by atoms with Crippen LogP contribution in [0.2, 0.25) is 0 Å². The Labute approximate surface area is 262 Å². The van der Waals surface area contributed by atoms with Crippen LogP contribution < -0.4 is 0 Å². The predicted molar refractivity (Wildman–Crippen MR) is 191 cm³/mol. The predicted octanol–water partition coefficient (Wildman–Crippen LogP) is 12.5. The fourth-order valence-corrected chi connectivity index (χ4v) is 7.48. The largest absolute Gasteiger partial charge is 0.456 e. The minimum atomic E-state index is 0.277. The Morgan fingerprint density at radius 2 is 1.04 bits per heavy atom. The van der Waals surface area contributed by atoms with Gasteiger partial charge < -0.3 is 4.42 Å². The van der Waals surface area contributed by atoms with Crippen LogP contribution in [0.25, 0.3) is 76.9 Å². The Balaban J connectivity index is 1.46. The van der Waals surface area contributed by atoms with Gasteiger partial charge in [-0.15, -0.1) is 0 Å². The van der Waals surface area contributed by atoms with E-state index in [1.165, 1.54) is 65.9 Å². The quantitative estimate of drug-likeness (QED) is 0.191. The van der Waals surface area contributed by atoms with Crippen molar-refractivity contribution in [3.05, 3.63) is 169 Å². The van der Waals surface area contributed by atoms with Crippen molar-refractivity contribution in [2.45, 2.75) is 12.3 Å². The molecule has 7 aromatic carbocycles. The maximum Gasteiger partial charge on any atom is 0.136 e. The van der Waals surface area contributed by atoms with Crippen LogP contribution in [-0.2, 0) is 0 Å². The number of hydrogen-bond acceptors (Lipinski definition) is 1. The van der Waals surface area contributed by atoms with Gasteiger partial charge in [0.05, 0.1) is 0 Å². The molecule has 0 aliphatic heterocycles. The van der Waals surface area contributed by atoms with Gasteiger partial charge in [0.2, 0.25) is 0 Å². The van der Waals surface area contributed by atoms with Crippen LogP contribution >= 0.6 is 0 Å². The molecule has 0 spiro atoms. The van der Waals surface area contributed by atoms with Crippen LogP contribution in [0.3, 0.4) is 0 Å². The van der Waals surface area contributed by atoms with Crippen molar-refractivity contribution in [1.29, 1.82) is 0 Å². The molecule has 0 amide bonds. The second-order valence-electron chi connectivity index (χ2n) is 11.9. The number of hydrogen-bond donors (Lipinski definition) is 0. The smallest absolute Gasteiger partial charge is 0.136 e. The molecule has 212 valence electrons. The fraction of sp³-hybridized carbons (Fsp3) is 0.0455. The molecule has 1 unspecified atom stereocenters. The summed E-state index contributed by atoms with van der Waals surface area (Å²) in [6.45, 7) is 0. The zero-order valence-corrected chi connectivity index (χ0v) is 24.8. The summed E-state index contributed by atoms with van der Waals surface area (Å²) in [6.07, 6.45) is 9.96. The highest BCUT2D eigenvalue weighted by atomic mass is 16.3. The number of furan rings is 1. The standard InChI is InChI=1S/C44H30O/c1-3-15-29(16-4-1)31-19-7-8-20-33(31)41-34-21-9-11-23-36(34)42(37-24-12-10-22-35(37)41)44-32(30-17-5-2-6-18-30)27-28-40-43(44)38-25-13-14-26-39(38)45-40/h1-17,19-28,30H,18H2. The van der Waals surface area contributed by atoms with Crippen LogP contribution in [0.4, 0.5) is 0 Å². The van der Waals surface area contributed by atoms with Gasteiger partial charge in [0.25, 0.3) is 0 Å². The SMILES string of the molecule is C1=CCC(c2ccc3oc4ccccc4c3c2-c2c3ccccc3c(-c3ccccc3-c3ccccc3)c3ccccc23)C=C1. The van der Waals surface area contributed by atoms with Gasteiger partial charge in [0, 0.05) is 16.7 Å². The van der Waals surface area contributed by atoms with Crippen LogP contribution in [-0.4, -0.2) is 0 Å². The summed E-state index contributed by atoms with van der Waals surface area (Å²) >= 11 is 0. The maximum atomic E-state index is 6.51. The molecule has 0 bridgehead atoms. The third-order valence-electron chi connectivity index (χ3n) is 9.42. The Bertz CT molecular complexity index is 2400. The van der Waals surface area contributed by atoms with Gasteiger partial charge in [-0.1, -0.05) is 152 Å². The zero-order chi connectivity index (χ0) is 29.7. The molecule has 0 saturated heterocycles. The molecule has 8 aromatic rings. The van der Waals surface area contributed by atoms with Crippen molar-refractivity contribution in [1.82, 2.24) is 0 Å². The molecule has 0 saturated carbocycles. The monoisotopic (exact) mass is 574 g/mol. The summed E-state index contributed by atoms with van der Waals surface area (Å²) in [5, 5.41) is 7.37. The van der Waals surface area contributed by atoms with E-state index in [1.54, 1.807) is 0 Å². The number of rotatable bonds is 4. The molecule has 1 nitrogen and oxygen atoms in total. The van der Waals surface area contributed by atoms with E-state index in [9.17, 15) is 0 Å². The molecule has 1 aliphatic rings. The first-order valence-corrected chi connectivity index (χ1v) is 15.7. The van der Waals surface area contributed by atoms with Crippen molar-refractivity contribution in [3.63, 3.8) is 0 Å². The molecule has 45 heavy (non-hydrogen) atoms. The molecule has 0 N–H and O–H groups in total. The molecule has 9 rings (SSSR count). The van der Waals surface area contributed by atoms with Gasteiger partial charge in [-0.25, -0.2) is 0 Å². The summed E-state index contributed by atoms with van der Waals surface area (Å²) in [4.78, 5) is 0. The van der Waals surface area contributed by atoms with E-state index in [0.29, 0.717) is 0 Å². The zero-order valence-electron chi connectivity index (χ0n) is 24.8. The molecule has 1 heterocycles. The Hall–Kier alpha value is -5.66. The van der Waals surface area contributed by atoms with Gasteiger partial charge >= 0.3 is 0 Å².